The van der Waals surface area contributed by atoms with E-state index in [1.165, 1.54) is 51.4 Å². The van der Waals surface area contributed by atoms with E-state index in [4.69, 9.17) is 0 Å². The summed E-state index contributed by atoms with van der Waals surface area (Å²) in [6.45, 7) is 0. The fraction of sp³-hybridized carbons (Fsp3) is 0.917. The second-order valence-electron chi connectivity index (χ2n) is 4.05. The minimum absolute atomic E-state index is 0.0294. The van der Waals surface area contributed by atoms with Gasteiger partial charge in [-0.3, -0.25) is 4.79 Å². The number of unbranched alkanes of at least 4 members (excludes halogenated alkanes) is 8. The normalized spacial score (nSPS) is 10.5. The maximum Gasteiger partial charge on any atom is 0.185 e. The van der Waals surface area contributed by atoms with Crippen molar-refractivity contribution in [3.05, 3.63) is 0 Å². The molecule has 0 radical (unpaired) electrons. The minimum Gasteiger partial charge on any atom is -0.288 e. The third-order valence-corrected chi connectivity index (χ3v) is 3.09. The molecule has 1 nitrogen and oxygen atoms in total. The summed E-state index contributed by atoms with van der Waals surface area (Å²) in [7, 11) is 0. The largest absolute Gasteiger partial charge is 0.288 e. The van der Waals surface area contributed by atoms with Gasteiger partial charge in [0.2, 0.25) is 0 Å². The van der Waals surface area contributed by atoms with E-state index in [1.54, 1.807) is 0 Å². The van der Waals surface area contributed by atoms with Gasteiger partial charge in [-0.1, -0.05) is 44.9 Å². The summed E-state index contributed by atoms with van der Waals surface area (Å²) < 4.78 is 0. The molecule has 0 rings (SSSR count). The predicted octanol–water partition coefficient (Wildman–Crippen LogP) is 4.27. The summed E-state index contributed by atoms with van der Waals surface area (Å²) in [6.07, 6.45) is 12.1. The number of carbonyl (C=O) groups excluding carboxylic acids is 1. The molecule has 0 saturated carbocycles. The zero-order valence-electron chi connectivity index (χ0n) is 9.58. The summed E-state index contributed by atoms with van der Waals surface area (Å²) in [4.78, 5) is 10.5. The van der Waals surface area contributed by atoms with Crippen molar-refractivity contribution in [2.24, 2.45) is 0 Å². The smallest absolute Gasteiger partial charge is 0.185 e. The van der Waals surface area contributed by atoms with Crippen LogP contribution in [0.4, 0.5) is 0 Å². The predicted molar refractivity (Wildman–Crippen MR) is 74.0 cm³/mol. The van der Waals surface area contributed by atoms with E-state index in [0.717, 1.165) is 12.2 Å². The van der Waals surface area contributed by atoms with Crippen LogP contribution in [0, 0.1) is 0 Å². The molecule has 3 heteroatoms. The van der Waals surface area contributed by atoms with Crippen molar-refractivity contribution >= 4 is 30.4 Å². The third kappa shape index (κ3) is 14.4. The molecule has 0 aromatic heterocycles. The Bertz CT molecular complexity index is 149. The molecule has 0 amide bonds. The third-order valence-electron chi connectivity index (χ3n) is 2.55. The molecule has 0 heterocycles. The number of hydrogen-bond acceptors (Lipinski definition) is 2. The molecule has 90 valence electrons. The molecule has 0 aliphatic carbocycles. The van der Waals surface area contributed by atoms with Gasteiger partial charge in [0.15, 0.2) is 5.12 Å². The van der Waals surface area contributed by atoms with E-state index < -0.39 is 0 Å². The van der Waals surface area contributed by atoms with Gasteiger partial charge in [0.25, 0.3) is 0 Å². The molecule has 0 saturated heterocycles. The Balaban J connectivity index is 2.89. The minimum atomic E-state index is 0.0294. The van der Waals surface area contributed by atoms with E-state index in [1.807, 2.05) is 0 Å². The van der Waals surface area contributed by atoms with Crippen LogP contribution in [-0.2, 0) is 4.79 Å². The first-order valence-electron chi connectivity index (χ1n) is 6.10. The lowest BCUT2D eigenvalue weighted by atomic mass is 10.1. The average Bonchev–Trinajstić information content (AvgIpc) is 2.20. The van der Waals surface area contributed by atoms with Crippen LogP contribution in [0.1, 0.15) is 64.2 Å². The Morgan fingerprint density at radius 1 is 0.733 bits per heavy atom. The Hall–Kier alpha value is 0.370. The fourth-order valence-corrected chi connectivity index (χ4v) is 2.01. The Morgan fingerprint density at radius 3 is 1.53 bits per heavy atom. The van der Waals surface area contributed by atoms with Crippen LogP contribution < -0.4 is 0 Å². The van der Waals surface area contributed by atoms with Crippen molar-refractivity contribution in [1.29, 1.82) is 0 Å². The number of carbonyl (C=O) groups is 1. The average molecular weight is 248 g/mol. The molecule has 0 aromatic rings. The lowest BCUT2D eigenvalue weighted by Crippen LogP contribution is -1.86. The summed E-state index contributed by atoms with van der Waals surface area (Å²) in [5, 5.41) is 0.0294. The Labute approximate surface area is 105 Å². The van der Waals surface area contributed by atoms with Gasteiger partial charge in [-0.2, -0.15) is 12.6 Å². The van der Waals surface area contributed by atoms with Gasteiger partial charge >= 0.3 is 0 Å². The van der Waals surface area contributed by atoms with E-state index >= 15 is 0 Å². The van der Waals surface area contributed by atoms with Crippen molar-refractivity contribution < 1.29 is 4.79 Å². The highest BCUT2D eigenvalue weighted by atomic mass is 32.1. The first-order valence-corrected chi connectivity index (χ1v) is 7.18. The van der Waals surface area contributed by atoms with Crippen LogP contribution in [0.25, 0.3) is 0 Å². The van der Waals surface area contributed by atoms with Crippen molar-refractivity contribution in [3.63, 3.8) is 0 Å². The lowest BCUT2D eigenvalue weighted by molar-refractivity contribution is -0.110. The zero-order valence-corrected chi connectivity index (χ0v) is 11.4. The molecule has 0 bridgehead atoms. The van der Waals surface area contributed by atoms with Gasteiger partial charge in [-0.25, -0.2) is 0 Å². The molecule has 0 aliphatic heterocycles. The molecule has 15 heavy (non-hydrogen) atoms. The highest BCUT2D eigenvalue weighted by molar-refractivity contribution is 7.96. The summed E-state index contributed by atoms with van der Waals surface area (Å²) >= 11 is 7.93. The molecular weight excluding hydrogens is 224 g/mol. The molecular formula is C12H24OS2. The number of hydrogen-bond donors (Lipinski definition) is 2. The van der Waals surface area contributed by atoms with E-state index in [0.29, 0.717) is 6.42 Å². The van der Waals surface area contributed by atoms with E-state index in [2.05, 4.69) is 25.3 Å². The molecule has 0 unspecified atom stereocenters. The highest BCUT2D eigenvalue weighted by Crippen LogP contribution is 2.11. The molecule has 0 aliphatic rings. The van der Waals surface area contributed by atoms with Crippen molar-refractivity contribution in [1.82, 2.24) is 0 Å². The molecule has 0 N–H and O–H groups in total. The monoisotopic (exact) mass is 248 g/mol. The molecule has 0 spiro atoms. The van der Waals surface area contributed by atoms with Crippen LogP contribution >= 0.6 is 25.3 Å². The van der Waals surface area contributed by atoms with Gasteiger partial charge in [-0.05, 0) is 18.6 Å². The first-order chi connectivity index (χ1) is 7.27. The van der Waals surface area contributed by atoms with Crippen LogP contribution in [0.5, 0.6) is 0 Å². The summed E-state index contributed by atoms with van der Waals surface area (Å²) in [5.41, 5.74) is 0. The number of rotatable bonds is 11. The van der Waals surface area contributed by atoms with Crippen molar-refractivity contribution in [3.8, 4) is 0 Å². The standard InChI is InChI=1S/C12H24OS2/c13-12(15)10-8-6-4-2-1-3-5-7-9-11-14/h14H,1-11H2,(H,13,15). The quantitative estimate of drug-likeness (QED) is 0.412. The second kappa shape index (κ2) is 12.4. The van der Waals surface area contributed by atoms with Crippen LogP contribution in [0.3, 0.4) is 0 Å². The van der Waals surface area contributed by atoms with Gasteiger partial charge in [0, 0.05) is 6.42 Å². The summed E-state index contributed by atoms with van der Waals surface area (Å²) in [6, 6.07) is 0. The first kappa shape index (κ1) is 15.4. The van der Waals surface area contributed by atoms with Gasteiger partial charge in [-0.15, -0.1) is 12.6 Å². The fourth-order valence-electron chi connectivity index (χ4n) is 1.63. The Morgan fingerprint density at radius 2 is 1.13 bits per heavy atom. The van der Waals surface area contributed by atoms with Gasteiger partial charge in [0.1, 0.15) is 0 Å². The van der Waals surface area contributed by atoms with Gasteiger partial charge < -0.3 is 0 Å². The van der Waals surface area contributed by atoms with Crippen molar-refractivity contribution in [2.75, 3.05) is 5.75 Å². The van der Waals surface area contributed by atoms with Gasteiger partial charge in [0.05, 0.1) is 0 Å². The van der Waals surface area contributed by atoms with Crippen LogP contribution in [0.15, 0.2) is 0 Å². The topological polar surface area (TPSA) is 17.1 Å². The van der Waals surface area contributed by atoms with Crippen LogP contribution in [0.2, 0.25) is 0 Å². The lowest BCUT2D eigenvalue weighted by Gasteiger charge is -2.01. The molecule has 0 fully saturated rings. The zero-order chi connectivity index (χ0) is 11.4. The van der Waals surface area contributed by atoms with Crippen LogP contribution in [-0.4, -0.2) is 10.9 Å². The number of thiol groups is 2. The van der Waals surface area contributed by atoms with E-state index in [9.17, 15) is 4.79 Å². The second-order valence-corrected chi connectivity index (χ2v) is 5.00. The van der Waals surface area contributed by atoms with E-state index in [-0.39, 0.29) is 5.12 Å². The maximum absolute atomic E-state index is 10.5. The maximum atomic E-state index is 10.5. The highest BCUT2D eigenvalue weighted by Gasteiger charge is 1.95. The molecule has 0 aromatic carbocycles. The SMILES string of the molecule is O=C(S)CCCCCCCCCCCS. The Kier molecular flexibility index (Phi) is 12.7. The van der Waals surface area contributed by atoms with Crippen molar-refractivity contribution in [2.45, 2.75) is 64.2 Å². The summed E-state index contributed by atoms with van der Waals surface area (Å²) in [5.74, 6) is 1.03. The molecule has 0 atom stereocenters.